The molecule has 1 aliphatic carbocycles. The Balaban J connectivity index is 2.40. The van der Waals surface area contributed by atoms with Gasteiger partial charge in [-0.2, -0.15) is 0 Å². The standard InChI is InChI=1S/C14H19NO/c1-9-6-13-7-11(10(2)15)4-5-12(13)8-14(9)16-3/h4-5,7-10H,6,15H2,1-3H3. The van der Waals surface area contributed by atoms with Crippen molar-refractivity contribution in [1.82, 2.24) is 0 Å². The average Bonchev–Trinajstić information content (AvgIpc) is 2.27. The van der Waals surface area contributed by atoms with Crippen LogP contribution in [0, 0.1) is 5.92 Å². The highest BCUT2D eigenvalue weighted by Gasteiger charge is 2.18. The van der Waals surface area contributed by atoms with E-state index in [9.17, 15) is 0 Å². The van der Waals surface area contributed by atoms with Crippen LogP contribution in [-0.2, 0) is 11.2 Å². The topological polar surface area (TPSA) is 35.2 Å². The monoisotopic (exact) mass is 217 g/mol. The summed E-state index contributed by atoms with van der Waals surface area (Å²) in [6.45, 7) is 4.21. The SMILES string of the molecule is COC1=Cc2ccc(C(C)N)cc2CC1C. The van der Waals surface area contributed by atoms with Crippen LogP contribution in [0.4, 0.5) is 0 Å². The Morgan fingerprint density at radius 2 is 2.19 bits per heavy atom. The van der Waals surface area contributed by atoms with Crippen LogP contribution < -0.4 is 5.73 Å². The van der Waals surface area contributed by atoms with Gasteiger partial charge in [-0.1, -0.05) is 25.1 Å². The number of nitrogens with two attached hydrogens (primary N) is 1. The van der Waals surface area contributed by atoms with Crippen LogP contribution in [0.1, 0.15) is 36.6 Å². The molecule has 0 aromatic heterocycles. The molecule has 1 aromatic carbocycles. The van der Waals surface area contributed by atoms with Gasteiger partial charge in [0.05, 0.1) is 12.9 Å². The highest BCUT2D eigenvalue weighted by molar-refractivity contribution is 5.59. The lowest BCUT2D eigenvalue weighted by Gasteiger charge is -2.22. The van der Waals surface area contributed by atoms with Gasteiger partial charge >= 0.3 is 0 Å². The molecular formula is C14H19NO. The van der Waals surface area contributed by atoms with Gasteiger partial charge in [-0.05, 0) is 36.1 Å². The molecule has 0 saturated carbocycles. The third-order valence-corrected chi connectivity index (χ3v) is 3.24. The van der Waals surface area contributed by atoms with E-state index in [0.717, 1.165) is 12.2 Å². The molecule has 2 nitrogen and oxygen atoms in total. The predicted octanol–water partition coefficient (Wildman–Crippen LogP) is 2.89. The maximum Gasteiger partial charge on any atom is 0.0992 e. The minimum absolute atomic E-state index is 0.105. The zero-order chi connectivity index (χ0) is 11.7. The number of fused-ring (bicyclic) bond motifs is 1. The Morgan fingerprint density at radius 3 is 2.81 bits per heavy atom. The normalized spacial score (nSPS) is 21.0. The molecule has 1 aliphatic rings. The highest BCUT2D eigenvalue weighted by Crippen LogP contribution is 2.30. The van der Waals surface area contributed by atoms with Crippen molar-refractivity contribution in [3.8, 4) is 0 Å². The van der Waals surface area contributed by atoms with E-state index in [1.807, 2.05) is 6.92 Å². The van der Waals surface area contributed by atoms with Crippen molar-refractivity contribution in [2.75, 3.05) is 7.11 Å². The van der Waals surface area contributed by atoms with Crippen molar-refractivity contribution in [1.29, 1.82) is 0 Å². The van der Waals surface area contributed by atoms with Crippen molar-refractivity contribution >= 4 is 6.08 Å². The van der Waals surface area contributed by atoms with E-state index >= 15 is 0 Å². The number of benzene rings is 1. The summed E-state index contributed by atoms with van der Waals surface area (Å²) >= 11 is 0. The van der Waals surface area contributed by atoms with Crippen LogP contribution in [0.25, 0.3) is 6.08 Å². The number of hydrogen-bond donors (Lipinski definition) is 1. The molecule has 0 fully saturated rings. The number of methoxy groups -OCH3 is 1. The van der Waals surface area contributed by atoms with Crippen molar-refractivity contribution in [3.05, 3.63) is 40.6 Å². The van der Waals surface area contributed by atoms with Crippen molar-refractivity contribution in [3.63, 3.8) is 0 Å². The lowest BCUT2D eigenvalue weighted by molar-refractivity contribution is 0.249. The quantitative estimate of drug-likeness (QED) is 0.826. The fourth-order valence-corrected chi connectivity index (χ4v) is 2.21. The number of allylic oxidation sites excluding steroid dienone is 1. The van der Waals surface area contributed by atoms with Crippen LogP contribution in [0.3, 0.4) is 0 Å². The van der Waals surface area contributed by atoms with E-state index in [1.54, 1.807) is 7.11 Å². The number of hydrogen-bond acceptors (Lipinski definition) is 2. The molecule has 2 rings (SSSR count). The molecule has 2 N–H and O–H groups in total. The van der Waals surface area contributed by atoms with Gasteiger partial charge in [-0.3, -0.25) is 0 Å². The molecule has 86 valence electrons. The van der Waals surface area contributed by atoms with Crippen LogP contribution in [-0.4, -0.2) is 7.11 Å². The molecule has 0 amide bonds. The maximum absolute atomic E-state index is 5.89. The van der Waals surface area contributed by atoms with Crippen molar-refractivity contribution in [2.24, 2.45) is 11.7 Å². The lowest BCUT2D eigenvalue weighted by Crippen LogP contribution is -2.13. The second-order valence-corrected chi connectivity index (χ2v) is 4.60. The first-order chi connectivity index (χ1) is 7.61. The van der Waals surface area contributed by atoms with Gasteiger partial charge in [0, 0.05) is 12.0 Å². The second kappa shape index (κ2) is 4.30. The summed E-state index contributed by atoms with van der Waals surface area (Å²) in [7, 11) is 1.74. The fourth-order valence-electron chi connectivity index (χ4n) is 2.21. The van der Waals surface area contributed by atoms with Crippen LogP contribution in [0.5, 0.6) is 0 Å². The Labute approximate surface area is 97.1 Å². The molecule has 0 bridgehead atoms. The fraction of sp³-hybridized carbons (Fsp3) is 0.429. The van der Waals surface area contributed by atoms with E-state index < -0.39 is 0 Å². The summed E-state index contributed by atoms with van der Waals surface area (Å²) in [5.41, 5.74) is 9.74. The second-order valence-electron chi connectivity index (χ2n) is 4.60. The Morgan fingerprint density at radius 1 is 1.44 bits per heavy atom. The highest BCUT2D eigenvalue weighted by atomic mass is 16.5. The molecule has 0 spiro atoms. The third-order valence-electron chi connectivity index (χ3n) is 3.24. The first-order valence-electron chi connectivity index (χ1n) is 5.75. The summed E-state index contributed by atoms with van der Waals surface area (Å²) in [5.74, 6) is 1.53. The van der Waals surface area contributed by atoms with E-state index in [1.165, 1.54) is 16.7 Å². The molecule has 16 heavy (non-hydrogen) atoms. The first kappa shape index (κ1) is 11.2. The maximum atomic E-state index is 5.89. The number of rotatable bonds is 2. The molecule has 0 heterocycles. The molecule has 2 atom stereocenters. The zero-order valence-corrected chi connectivity index (χ0v) is 10.2. The summed E-state index contributed by atoms with van der Waals surface area (Å²) in [4.78, 5) is 0. The third kappa shape index (κ3) is 1.98. The molecule has 0 aliphatic heterocycles. The molecule has 0 saturated heterocycles. The van der Waals surface area contributed by atoms with Gasteiger partial charge in [0.25, 0.3) is 0 Å². The molecule has 0 radical (unpaired) electrons. The lowest BCUT2D eigenvalue weighted by atomic mass is 9.87. The predicted molar refractivity (Wildman–Crippen MR) is 66.9 cm³/mol. The van der Waals surface area contributed by atoms with E-state index in [4.69, 9.17) is 10.5 Å². The molecule has 1 aromatic rings. The molecular weight excluding hydrogens is 198 g/mol. The van der Waals surface area contributed by atoms with Gasteiger partial charge in [0.2, 0.25) is 0 Å². The van der Waals surface area contributed by atoms with Crippen molar-refractivity contribution in [2.45, 2.75) is 26.3 Å². The Hall–Kier alpha value is -1.28. The Bertz CT molecular complexity index is 421. The average molecular weight is 217 g/mol. The van der Waals surface area contributed by atoms with Crippen LogP contribution in [0.15, 0.2) is 24.0 Å². The Kier molecular flexibility index (Phi) is 3.01. The van der Waals surface area contributed by atoms with Gasteiger partial charge in [0.1, 0.15) is 0 Å². The number of ether oxygens (including phenoxy) is 1. The van der Waals surface area contributed by atoms with E-state index in [2.05, 4.69) is 31.2 Å². The van der Waals surface area contributed by atoms with Crippen LogP contribution >= 0.6 is 0 Å². The summed E-state index contributed by atoms with van der Waals surface area (Å²) in [6, 6.07) is 6.56. The van der Waals surface area contributed by atoms with Gasteiger partial charge in [-0.25, -0.2) is 0 Å². The van der Waals surface area contributed by atoms with Gasteiger partial charge < -0.3 is 10.5 Å². The zero-order valence-electron chi connectivity index (χ0n) is 10.2. The van der Waals surface area contributed by atoms with Crippen molar-refractivity contribution < 1.29 is 4.74 Å². The summed E-state index contributed by atoms with van der Waals surface area (Å²) < 4.78 is 5.37. The van der Waals surface area contributed by atoms with Gasteiger partial charge in [-0.15, -0.1) is 0 Å². The van der Waals surface area contributed by atoms with Gasteiger partial charge in [0.15, 0.2) is 0 Å². The largest absolute Gasteiger partial charge is 0.501 e. The molecule has 2 heteroatoms. The minimum atomic E-state index is 0.105. The minimum Gasteiger partial charge on any atom is -0.501 e. The van der Waals surface area contributed by atoms with Crippen LogP contribution in [0.2, 0.25) is 0 Å². The summed E-state index contributed by atoms with van der Waals surface area (Å²) in [5, 5.41) is 0. The van der Waals surface area contributed by atoms with E-state index in [0.29, 0.717) is 5.92 Å². The molecule has 2 unspecified atom stereocenters. The first-order valence-corrected chi connectivity index (χ1v) is 5.75. The summed E-state index contributed by atoms with van der Waals surface area (Å²) in [6.07, 6.45) is 3.17. The smallest absolute Gasteiger partial charge is 0.0992 e. The van der Waals surface area contributed by atoms with E-state index in [-0.39, 0.29) is 6.04 Å².